The highest BCUT2D eigenvalue weighted by Gasteiger charge is 2.29. The van der Waals surface area contributed by atoms with Crippen LogP contribution in [0.4, 0.5) is 14.5 Å². The normalized spacial score (nSPS) is 13.1. The highest BCUT2D eigenvalue weighted by atomic mass is 19.2. The number of ether oxygens (including phenoxy) is 1. The molecule has 6 rings (SSSR count). The smallest absolute Gasteiger partial charge is 0.265 e. The molecule has 0 bridgehead atoms. The molecular weight excluding hydrogens is 546 g/mol. The van der Waals surface area contributed by atoms with E-state index in [1.54, 1.807) is 29.1 Å². The Kier molecular flexibility index (Phi) is 6.89. The van der Waals surface area contributed by atoms with Crippen molar-refractivity contribution in [3.05, 3.63) is 89.4 Å². The minimum Gasteiger partial charge on any atom is -0.482 e. The highest BCUT2D eigenvalue weighted by Crippen LogP contribution is 2.40. The Morgan fingerprint density at radius 2 is 1.95 bits per heavy atom. The van der Waals surface area contributed by atoms with E-state index in [9.17, 15) is 18.4 Å². The van der Waals surface area contributed by atoms with Gasteiger partial charge in [-0.1, -0.05) is 26.0 Å². The first-order chi connectivity index (χ1) is 20.2. The van der Waals surface area contributed by atoms with E-state index in [2.05, 4.69) is 10.1 Å². The first-order valence-electron chi connectivity index (χ1n) is 13.3. The van der Waals surface area contributed by atoms with Gasteiger partial charge < -0.3 is 19.8 Å². The predicted octanol–water partition coefficient (Wildman–Crippen LogP) is 4.64. The molecule has 3 aromatic heterocycles. The molecular formula is C30H26F2N6O4. The number of carbonyl (C=O) groups is 2. The zero-order valence-electron chi connectivity index (χ0n) is 22.8. The number of carbonyl (C=O) groups excluding carboxylic acids is 2. The second-order valence-corrected chi connectivity index (χ2v) is 10.5. The molecule has 0 unspecified atom stereocenters. The van der Waals surface area contributed by atoms with E-state index in [0.29, 0.717) is 63.5 Å². The summed E-state index contributed by atoms with van der Waals surface area (Å²) >= 11 is 0. The van der Waals surface area contributed by atoms with Crippen molar-refractivity contribution in [1.29, 1.82) is 0 Å². The van der Waals surface area contributed by atoms with Gasteiger partial charge in [0.25, 0.3) is 11.8 Å². The van der Waals surface area contributed by atoms with Crippen LogP contribution >= 0.6 is 0 Å². The monoisotopic (exact) mass is 572 g/mol. The topological polar surface area (TPSA) is 129 Å². The summed E-state index contributed by atoms with van der Waals surface area (Å²) in [5, 5.41) is 5.13. The summed E-state index contributed by atoms with van der Waals surface area (Å²) in [5.74, 6) is -2.37. The second-order valence-electron chi connectivity index (χ2n) is 10.5. The molecule has 1 aliphatic heterocycles. The average Bonchev–Trinajstić information content (AvgIpc) is 3.61. The van der Waals surface area contributed by atoms with Gasteiger partial charge in [-0.05, 0) is 47.7 Å². The summed E-state index contributed by atoms with van der Waals surface area (Å²) in [4.78, 5) is 36.2. The van der Waals surface area contributed by atoms with E-state index in [1.807, 2.05) is 13.8 Å². The summed E-state index contributed by atoms with van der Waals surface area (Å²) in [6.45, 7) is 4.12. The predicted molar refractivity (Wildman–Crippen MR) is 149 cm³/mol. The maximum Gasteiger partial charge on any atom is 0.265 e. The minimum atomic E-state index is -0.995. The van der Waals surface area contributed by atoms with E-state index >= 15 is 0 Å². The number of aromatic nitrogens is 4. The Morgan fingerprint density at radius 3 is 2.67 bits per heavy atom. The third-order valence-corrected chi connectivity index (χ3v) is 7.02. The van der Waals surface area contributed by atoms with Crippen LogP contribution in [0, 0.1) is 17.6 Å². The highest BCUT2D eigenvalue weighted by molar-refractivity contribution is 6.09. The third-order valence-electron chi connectivity index (χ3n) is 7.02. The third kappa shape index (κ3) is 4.95. The molecule has 0 aliphatic carbocycles. The van der Waals surface area contributed by atoms with Crippen molar-refractivity contribution in [1.82, 2.24) is 19.7 Å². The van der Waals surface area contributed by atoms with E-state index in [1.165, 1.54) is 23.6 Å². The number of anilines is 1. The van der Waals surface area contributed by atoms with E-state index in [0.717, 1.165) is 12.1 Å². The zero-order chi connectivity index (χ0) is 29.5. The number of fused-ring (bicyclic) bond motifs is 2. The SMILES string of the molecule is CC(C)Cc1nc2c(cnn2Cc2cocn2)c(-c2ccc3c(c2)OCC(=O)N3Cc2ccc(F)c(F)c2)c1C(N)=O. The number of oxazole rings is 1. The second kappa shape index (κ2) is 10.7. The van der Waals surface area contributed by atoms with Gasteiger partial charge in [0, 0.05) is 10.9 Å². The van der Waals surface area contributed by atoms with Crippen LogP contribution in [-0.4, -0.2) is 38.2 Å². The molecule has 2 N–H and O–H groups in total. The Bertz CT molecular complexity index is 1830. The molecule has 1 aliphatic rings. The number of benzene rings is 2. The van der Waals surface area contributed by atoms with Crippen LogP contribution in [0.2, 0.25) is 0 Å². The van der Waals surface area contributed by atoms with Gasteiger partial charge in [-0.2, -0.15) is 5.10 Å². The molecule has 214 valence electrons. The van der Waals surface area contributed by atoms with Gasteiger partial charge in [-0.3, -0.25) is 9.59 Å². The number of hydrogen-bond donors (Lipinski definition) is 1. The summed E-state index contributed by atoms with van der Waals surface area (Å²) in [5.41, 5.74) is 10.0. The molecule has 5 aromatic rings. The number of nitrogens with zero attached hydrogens (tertiary/aromatic N) is 5. The fourth-order valence-electron chi connectivity index (χ4n) is 5.17. The molecule has 12 heteroatoms. The van der Waals surface area contributed by atoms with Crippen molar-refractivity contribution < 1.29 is 27.5 Å². The molecule has 2 amide bonds. The Hall–Kier alpha value is -5.13. The van der Waals surface area contributed by atoms with Crippen molar-refractivity contribution in [3.8, 4) is 16.9 Å². The fraction of sp³-hybridized carbons (Fsp3) is 0.233. The number of nitrogens with two attached hydrogens (primary N) is 1. The van der Waals surface area contributed by atoms with E-state index < -0.39 is 17.5 Å². The van der Waals surface area contributed by atoms with Crippen LogP contribution in [0.1, 0.15) is 41.2 Å². The Labute approximate surface area is 238 Å². The number of amides is 2. The number of pyridine rings is 1. The molecule has 0 radical (unpaired) electrons. The maximum atomic E-state index is 13.9. The van der Waals surface area contributed by atoms with Gasteiger partial charge in [-0.15, -0.1) is 0 Å². The van der Waals surface area contributed by atoms with Crippen LogP contribution in [0.3, 0.4) is 0 Å². The summed E-state index contributed by atoms with van der Waals surface area (Å²) in [6, 6.07) is 8.70. The van der Waals surface area contributed by atoms with Gasteiger partial charge in [0.2, 0.25) is 0 Å². The van der Waals surface area contributed by atoms with Crippen LogP contribution < -0.4 is 15.4 Å². The van der Waals surface area contributed by atoms with Crippen LogP contribution in [-0.2, 0) is 24.3 Å². The van der Waals surface area contributed by atoms with Crippen molar-refractivity contribution in [3.63, 3.8) is 0 Å². The van der Waals surface area contributed by atoms with Gasteiger partial charge in [-0.25, -0.2) is 23.4 Å². The summed E-state index contributed by atoms with van der Waals surface area (Å²) in [7, 11) is 0. The quantitative estimate of drug-likeness (QED) is 0.287. The molecule has 10 nitrogen and oxygen atoms in total. The molecule has 0 spiro atoms. The lowest BCUT2D eigenvalue weighted by atomic mass is 9.92. The Balaban J connectivity index is 1.48. The van der Waals surface area contributed by atoms with Crippen molar-refractivity contribution in [2.24, 2.45) is 11.7 Å². The molecule has 0 saturated heterocycles. The van der Waals surface area contributed by atoms with Crippen LogP contribution in [0.5, 0.6) is 5.75 Å². The molecule has 2 aromatic carbocycles. The zero-order valence-corrected chi connectivity index (χ0v) is 22.8. The largest absolute Gasteiger partial charge is 0.482 e. The average molecular weight is 573 g/mol. The number of hydrogen-bond acceptors (Lipinski definition) is 7. The molecule has 0 saturated carbocycles. The van der Waals surface area contributed by atoms with Gasteiger partial charge in [0.05, 0.1) is 36.2 Å². The molecule has 0 fully saturated rings. The minimum absolute atomic E-state index is 0.0190. The Morgan fingerprint density at radius 1 is 1.12 bits per heavy atom. The van der Waals surface area contributed by atoms with Crippen LogP contribution in [0.15, 0.2) is 59.7 Å². The number of primary amides is 1. The molecule has 42 heavy (non-hydrogen) atoms. The van der Waals surface area contributed by atoms with Gasteiger partial charge in [0.1, 0.15) is 17.7 Å². The number of halogens is 2. The van der Waals surface area contributed by atoms with Crippen molar-refractivity contribution in [2.75, 3.05) is 11.5 Å². The van der Waals surface area contributed by atoms with Crippen molar-refractivity contribution >= 4 is 28.5 Å². The molecule has 4 heterocycles. The van der Waals surface area contributed by atoms with E-state index in [-0.39, 0.29) is 30.5 Å². The lowest BCUT2D eigenvalue weighted by molar-refractivity contribution is -0.121. The maximum absolute atomic E-state index is 13.9. The van der Waals surface area contributed by atoms with Gasteiger partial charge >= 0.3 is 0 Å². The first-order valence-corrected chi connectivity index (χ1v) is 13.3. The lowest BCUT2D eigenvalue weighted by Crippen LogP contribution is -2.38. The summed E-state index contributed by atoms with van der Waals surface area (Å²) < 4.78 is 39.9. The van der Waals surface area contributed by atoms with Gasteiger partial charge in [0.15, 0.2) is 30.3 Å². The van der Waals surface area contributed by atoms with Crippen LogP contribution in [0.25, 0.3) is 22.2 Å². The standard InChI is InChI=1S/C30H26F2N6O4/c1-16(2)7-23-28(29(33)40)27(20-10-35-38(30(20)36-23)12-19-13-41-15-34-19)18-4-6-24-25(9-18)42-14-26(39)37(24)11-17-3-5-21(31)22(32)8-17/h3-6,8-10,13,15-16H,7,11-12,14H2,1-2H3,(H2,33,40). The van der Waals surface area contributed by atoms with Crippen molar-refractivity contribution in [2.45, 2.75) is 33.4 Å². The first kappa shape index (κ1) is 27.1. The fourth-order valence-corrected chi connectivity index (χ4v) is 5.17. The molecule has 0 atom stereocenters. The lowest BCUT2D eigenvalue weighted by Gasteiger charge is -2.30. The summed E-state index contributed by atoms with van der Waals surface area (Å²) in [6.07, 6.45) is 4.98. The van der Waals surface area contributed by atoms with E-state index in [4.69, 9.17) is 19.9 Å². The number of rotatable bonds is 8.